The molecule has 0 aliphatic carbocycles. The summed E-state index contributed by atoms with van der Waals surface area (Å²) in [5.41, 5.74) is 3.91. The van der Waals surface area contributed by atoms with Crippen LogP contribution in [-0.4, -0.2) is 36.3 Å². The lowest BCUT2D eigenvalue weighted by Crippen LogP contribution is -2.17. The van der Waals surface area contributed by atoms with Gasteiger partial charge < -0.3 is 9.29 Å². The van der Waals surface area contributed by atoms with Gasteiger partial charge >= 0.3 is 0 Å². The number of hydrogen-bond acceptors (Lipinski definition) is 6. The largest absolute Gasteiger partial charge is 0.615 e. The SMILES string of the molecule is C[S+](=O)([O-])CCn1ncc2cc(OCc3cccc(-c4cncnc4)c3)ccc21. The number of hydrogen-bond donors (Lipinski definition) is 0. The van der Waals surface area contributed by atoms with Crippen LogP contribution in [0.4, 0.5) is 0 Å². The molecule has 0 aliphatic heterocycles. The average molecular weight is 408 g/mol. The van der Waals surface area contributed by atoms with E-state index in [1.807, 2.05) is 36.4 Å². The van der Waals surface area contributed by atoms with E-state index in [4.69, 9.17) is 4.74 Å². The molecule has 0 fully saturated rings. The second-order valence-electron chi connectivity index (χ2n) is 6.83. The second-order valence-corrected chi connectivity index (χ2v) is 9.09. The van der Waals surface area contributed by atoms with Gasteiger partial charge in [-0.25, -0.2) is 9.97 Å². The number of benzene rings is 2. The average Bonchev–Trinajstić information content (AvgIpc) is 3.13. The van der Waals surface area contributed by atoms with Gasteiger partial charge in [-0.15, -0.1) is 4.21 Å². The first-order valence-electron chi connectivity index (χ1n) is 9.08. The number of aromatic nitrogens is 4. The minimum Gasteiger partial charge on any atom is -0.615 e. The lowest BCUT2D eigenvalue weighted by atomic mass is 10.1. The summed E-state index contributed by atoms with van der Waals surface area (Å²) in [6.07, 6.45) is 8.02. The van der Waals surface area contributed by atoms with Gasteiger partial charge in [0.2, 0.25) is 0 Å². The molecule has 148 valence electrons. The van der Waals surface area contributed by atoms with Gasteiger partial charge in [-0.2, -0.15) is 5.10 Å². The normalized spacial score (nSPS) is 13.3. The summed E-state index contributed by atoms with van der Waals surface area (Å²) in [6, 6.07) is 13.7. The first-order chi connectivity index (χ1) is 14.0. The predicted molar refractivity (Wildman–Crippen MR) is 111 cm³/mol. The molecule has 0 aliphatic rings. The van der Waals surface area contributed by atoms with Gasteiger partial charge in [-0.3, -0.25) is 4.68 Å². The third-order valence-electron chi connectivity index (χ3n) is 4.51. The van der Waals surface area contributed by atoms with E-state index in [0.717, 1.165) is 33.3 Å². The molecule has 0 amide bonds. The van der Waals surface area contributed by atoms with Crippen LogP contribution in [0.2, 0.25) is 0 Å². The molecule has 2 aromatic carbocycles. The van der Waals surface area contributed by atoms with E-state index >= 15 is 0 Å². The van der Waals surface area contributed by atoms with Gasteiger partial charge in [0.15, 0.2) is 0 Å². The van der Waals surface area contributed by atoms with Crippen LogP contribution < -0.4 is 4.74 Å². The maximum atomic E-state index is 11.4. The molecule has 4 rings (SSSR count). The first-order valence-corrected chi connectivity index (χ1v) is 11.1. The third-order valence-corrected chi connectivity index (χ3v) is 5.44. The summed E-state index contributed by atoms with van der Waals surface area (Å²) < 4.78 is 30.4. The van der Waals surface area contributed by atoms with Gasteiger partial charge in [0, 0.05) is 33.6 Å². The zero-order valence-electron chi connectivity index (χ0n) is 15.9. The van der Waals surface area contributed by atoms with Gasteiger partial charge in [-0.05, 0) is 35.4 Å². The Kier molecular flexibility index (Phi) is 5.37. The van der Waals surface area contributed by atoms with E-state index in [1.54, 1.807) is 23.3 Å². The molecule has 4 aromatic rings. The summed E-state index contributed by atoms with van der Waals surface area (Å²) in [7, 11) is -3.03. The minimum atomic E-state index is -3.03. The van der Waals surface area contributed by atoms with Crippen molar-refractivity contribution in [1.29, 1.82) is 0 Å². The topological polar surface area (TPSA) is 93.0 Å². The molecule has 0 radical (unpaired) electrons. The van der Waals surface area contributed by atoms with E-state index < -0.39 is 10.2 Å². The number of sulfone groups is 1. The maximum absolute atomic E-state index is 11.4. The molecule has 0 bridgehead atoms. The summed E-state index contributed by atoms with van der Waals surface area (Å²) in [5.74, 6) is 0.791. The van der Waals surface area contributed by atoms with Crippen LogP contribution >= 0.6 is 0 Å². The van der Waals surface area contributed by atoms with Crippen molar-refractivity contribution in [3.8, 4) is 16.9 Å². The third kappa shape index (κ3) is 4.85. The molecule has 1 atom stereocenters. The van der Waals surface area contributed by atoms with Crippen molar-refractivity contribution >= 4 is 21.1 Å². The zero-order valence-corrected chi connectivity index (χ0v) is 16.7. The van der Waals surface area contributed by atoms with Crippen molar-refractivity contribution < 1.29 is 13.5 Å². The van der Waals surface area contributed by atoms with E-state index in [-0.39, 0.29) is 5.75 Å². The minimum absolute atomic E-state index is 0.0603. The lowest BCUT2D eigenvalue weighted by molar-refractivity contribution is 0.306. The molecule has 0 saturated carbocycles. The van der Waals surface area contributed by atoms with Crippen molar-refractivity contribution in [2.75, 3.05) is 12.0 Å². The monoisotopic (exact) mass is 408 g/mol. The van der Waals surface area contributed by atoms with Crippen LogP contribution in [0.5, 0.6) is 5.75 Å². The van der Waals surface area contributed by atoms with Gasteiger partial charge in [0.1, 0.15) is 24.4 Å². The fourth-order valence-electron chi connectivity index (χ4n) is 3.04. The molecule has 29 heavy (non-hydrogen) atoms. The first kappa shape index (κ1) is 19.2. The Labute approximate surface area is 169 Å². The van der Waals surface area contributed by atoms with E-state index in [2.05, 4.69) is 21.1 Å². The van der Waals surface area contributed by atoms with E-state index in [1.165, 1.54) is 12.6 Å². The summed E-state index contributed by atoms with van der Waals surface area (Å²) in [4.78, 5) is 8.12. The number of ether oxygens (including phenoxy) is 1. The number of rotatable bonds is 7. The molecular formula is C21H20N4O3S. The van der Waals surface area contributed by atoms with Crippen LogP contribution in [-0.2, 0) is 27.6 Å². The Balaban J connectivity index is 1.46. The summed E-state index contributed by atoms with van der Waals surface area (Å²) in [6.45, 7) is 0.758. The van der Waals surface area contributed by atoms with Gasteiger partial charge in [0.05, 0.1) is 24.5 Å². The van der Waals surface area contributed by atoms with Crippen molar-refractivity contribution in [2.24, 2.45) is 0 Å². The van der Waals surface area contributed by atoms with Crippen LogP contribution in [0.1, 0.15) is 5.56 Å². The van der Waals surface area contributed by atoms with Crippen molar-refractivity contribution in [3.05, 3.63) is 72.9 Å². The quantitative estimate of drug-likeness (QED) is 0.436. The van der Waals surface area contributed by atoms with E-state index in [0.29, 0.717) is 13.2 Å². The Morgan fingerprint density at radius 2 is 1.90 bits per heavy atom. The second kappa shape index (κ2) is 8.10. The Morgan fingerprint density at radius 1 is 1.07 bits per heavy atom. The van der Waals surface area contributed by atoms with Crippen LogP contribution in [0, 0.1) is 0 Å². The Bertz CT molecular complexity index is 1170. The smallest absolute Gasteiger partial charge is 0.128 e. The highest BCUT2D eigenvalue weighted by atomic mass is 32.3. The molecule has 7 nitrogen and oxygen atoms in total. The zero-order chi connectivity index (χ0) is 20.3. The standard InChI is InChI=1S/C21H20N4O3S/c1-29(26,27)8-7-25-21-6-5-20(10-18(21)13-24-25)28-14-16-3-2-4-17(9-16)19-11-22-15-23-12-19/h2-6,9-13,15H,7-8,14H2,1H3. The lowest BCUT2D eigenvalue weighted by Gasteiger charge is -2.10. The predicted octanol–water partition coefficient (Wildman–Crippen LogP) is 3.33. The van der Waals surface area contributed by atoms with Gasteiger partial charge in [0.25, 0.3) is 0 Å². The fourth-order valence-corrected chi connectivity index (χ4v) is 3.55. The van der Waals surface area contributed by atoms with Crippen LogP contribution in [0.3, 0.4) is 0 Å². The molecule has 0 spiro atoms. The Morgan fingerprint density at radius 3 is 2.69 bits per heavy atom. The van der Waals surface area contributed by atoms with Crippen molar-refractivity contribution in [3.63, 3.8) is 0 Å². The fraction of sp³-hybridized carbons (Fsp3) is 0.190. The molecule has 0 saturated heterocycles. The Hall–Kier alpha value is -3.10. The molecular weight excluding hydrogens is 388 g/mol. The van der Waals surface area contributed by atoms with Crippen molar-refractivity contribution in [1.82, 2.24) is 19.7 Å². The van der Waals surface area contributed by atoms with Crippen molar-refractivity contribution in [2.45, 2.75) is 13.2 Å². The molecule has 2 aromatic heterocycles. The number of fused-ring (bicyclic) bond motifs is 1. The molecule has 2 heterocycles. The highest BCUT2D eigenvalue weighted by Gasteiger charge is 2.10. The number of aryl methyl sites for hydroxylation is 1. The maximum Gasteiger partial charge on any atom is 0.128 e. The highest BCUT2D eigenvalue weighted by Crippen LogP contribution is 2.23. The van der Waals surface area contributed by atoms with Crippen LogP contribution in [0.15, 0.2) is 67.4 Å². The molecule has 0 N–H and O–H groups in total. The highest BCUT2D eigenvalue weighted by molar-refractivity contribution is 7.96. The number of nitrogens with zero attached hydrogens (tertiary/aromatic N) is 4. The van der Waals surface area contributed by atoms with Gasteiger partial charge in [-0.1, -0.05) is 18.2 Å². The molecule has 1 unspecified atom stereocenters. The molecule has 8 heteroatoms. The van der Waals surface area contributed by atoms with E-state index in [9.17, 15) is 8.76 Å². The van der Waals surface area contributed by atoms with Crippen LogP contribution in [0.25, 0.3) is 22.0 Å². The summed E-state index contributed by atoms with van der Waals surface area (Å²) >= 11 is 0. The summed E-state index contributed by atoms with van der Waals surface area (Å²) in [5, 5.41) is 5.20.